The van der Waals surface area contributed by atoms with Gasteiger partial charge in [0, 0.05) is 25.5 Å². The maximum absolute atomic E-state index is 9.05. The zero-order chi connectivity index (χ0) is 11.4. The van der Waals surface area contributed by atoms with E-state index in [4.69, 9.17) is 9.84 Å². The van der Waals surface area contributed by atoms with Crippen LogP contribution in [0.15, 0.2) is 12.4 Å². The molecule has 1 aromatic rings. The van der Waals surface area contributed by atoms with E-state index in [2.05, 4.69) is 16.9 Å². The Balaban J connectivity index is 2.05. The van der Waals surface area contributed by atoms with E-state index in [1.807, 2.05) is 17.3 Å². The molecule has 1 saturated heterocycles. The zero-order valence-corrected chi connectivity index (χ0v) is 9.46. The highest BCUT2D eigenvalue weighted by Crippen LogP contribution is 2.12. The van der Waals surface area contributed by atoms with Gasteiger partial charge < -0.3 is 14.7 Å². The number of nitrogens with zero attached hydrogens (tertiary/aromatic N) is 3. The van der Waals surface area contributed by atoms with Crippen molar-refractivity contribution in [2.24, 2.45) is 0 Å². The van der Waals surface area contributed by atoms with Crippen LogP contribution in [0.4, 0.5) is 5.95 Å². The summed E-state index contributed by atoms with van der Waals surface area (Å²) in [6.07, 6.45) is 4.53. The van der Waals surface area contributed by atoms with Gasteiger partial charge in [0.2, 0.25) is 5.95 Å². The Labute approximate surface area is 95.1 Å². The van der Waals surface area contributed by atoms with E-state index in [0.717, 1.165) is 24.5 Å². The fraction of sp³-hybridized carbons (Fsp3) is 0.636. The minimum Gasteiger partial charge on any atom is -0.394 e. The highest BCUT2D eigenvalue weighted by Gasteiger charge is 2.21. The molecule has 1 aliphatic rings. The zero-order valence-electron chi connectivity index (χ0n) is 9.46. The van der Waals surface area contributed by atoms with Gasteiger partial charge in [0.05, 0.1) is 19.3 Å². The number of aryl methyl sites for hydroxylation is 1. The summed E-state index contributed by atoms with van der Waals surface area (Å²) in [6.45, 7) is 4.17. The average molecular weight is 223 g/mol. The second-order valence-corrected chi connectivity index (χ2v) is 3.87. The van der Waals surface area contributed by atoms with Crippen LogP contribution in [-0.2, 0) is 11.2 Å². The molecule has 1 N–H and O–H groups in total. The Morgan fingerprint density at radius 3 is 2.88 bits per heavy atom. The maximum Gasteiger partial charge on any atom is 0.225 e. The van der Waals surface area contributed by atoms with Gasteiger partial charge in [0.1, 0.15) is 0 Å². The van der Waals surface area contributed by atoms with Gasteiger partial charge >= 0.3 is 0 Å². The lowest BCUT2D eigenvalue weighted by Crippen LogP contribution is -2.44. The smallest absolute Gasteiger partial charge is 0.225 e. The third-order valence-electron chi connectivity index (χ3n) is 2.73. The van der Waals surface area contributed by atoms with Crippen molar-refractivity contribution >= 4 is 5.95 Å². The molecule has 16 heavy (non-hydrogen) atoms. The van der Waals surface area contributed by atoms with Gasteiger partial charge in [-0.3, -0.25) is 0 Å². The summed E-state index contributed by atoms with van der Waals surface area (Å²) >= 11 is 0. The molecule has 2 rings (SSSR count). The van der Waals surface area contributed by atoms with Crippen LogP contribution in [0.3, 0.4) is 0 Å². The number of hydrogen-bond acceptors (Lipinski definition) is 5. The molecule has 0 saturated carbocycles. The number of ether oxygens (including phenoxy) is 1. The molecular formula is C11H17N3O2. The lowest BCUT2D eigenvalue weighted by molar-refractivity contribution is 0.00314. The molecule has 1 fully saturated rings. The number of aliphatic hydroxyl groups is 1. The summed E-state index contributed by atoms with van der Waals surface area (Å²) in [5.74, 6) is 0.721. The van der Waals surface area contributed by atoms with Crippen molar-refractivity contribution in [2.45, 2.75) is 19.4 Å². The second-order valence-electron chi connectivity index (χ2n) is 3.87. The standard InChI is InChI=1S/C11H17N3O2/c1-2-9-5-12-11(13-6-9)14-3-4-16-10(7-14)8-15/h5-6,10,15H,2-4,7-8H2,1H3. The molecule has 1 unspecified atom stereocenters. The summed E-state index contributed by atoms with van der Waals surface area (Å²) in [5.41, 5.74) is 1.13. The quantitative estimate of drug-likeness (QED) is 0.795. The molecule has 88 valence electrons. The van der Waals surface area contributed by atoms with Crippen molar-refractivity contribution in [2.75, 3.05) is 31.2 Å². The normalized spacial score (nSPS) is 21.1. The molecule has 0 bridgehead atoms. The summed E-state index contributed by atoms with van der Waals surface area (Å²) in [6, 6.07) is 0. The van der Waals surface area contributed by atoms with Crippen LogP contribution < -0.4 is 4.90 Å². The summed E-state index contributed by atoms with van der Waals surface area (Å²) in [4.78, 5) is 10.7. The first-order valence-electron chi connectivity index (χ1n) is 5.61. The van der Waals surface area contributed by atoms with Crippen LogP contribution in [-0.4, -0.2) is 47.5 Å². The largest absolute Gasteiger partial charge is 0.394 e. The monoisotopic (exact) mass is 223 g/mol. The SMILES string of the molecule is CCc1cnc(N2CCOC(CO)C2)nc1. The van der Waals surface area contributed by atoms with E-state index in [1.165, 1.54) is 0 Å². The lowest BCUT2D eigenvalue weighted by atomic mass is 10.3. The molecule has 1 aliphatic heterocycles. The van der Waals surface area contributed by atoms with Crippen LogP contribution in [0.25, 0.3) is 0 Å². The molecule has 1 aromatic heterocycles. The minimum absolute atomic E-state index is 0.0452. The number of morpholine rings is 1. The first-order valence-corrected chi connectivity index (χ1v) is 5.61. The van der Waals surface area contributed by atoms with E-state index in [0.29, 0.717) is 13.2 Å². The summed E-state index contributed by atoms with van der Waals surface area (Å²) < 4.78 is 5.38. The Bertz CT molecular complexity index is 329. The van der Waals surface area contributed by atoms with E-state index in [-0.39, 0.29) is 12.7 Å². The van der Waals surface area contributed by atoms with Crippen molar-refractivity contribution in [3.8, 4) is 0 Å². The first-order chi connectivity index (χ1) is 7.83. The van der Waals surface area contributed by atoms with Gasteiger partial charge in [-0.2, -0.15) is 0 Å². The molecule has 0 amide bonds. The fourth-order valence-corrected chi connectivity index (χ4v) is 1.71. The Morgan fingerprint density at radius 2 is 2.25 bits per heavy atom. The predicted octanol–water partition coefficient (Wildman–Crippen LogP) is 0.236. The third-order valence-corrected chi connectivity index (χ3v) is 2.73. The molecule has 0 aliphatic carbocycles. The molecular weight excluding hydrogens is 206 g/mol. The fourth-order valence-electron chi connectivity index (χ4n) is 1.71. The van der Waals surface area contributed by atoms with Gasteiger partial charge in [-0.25, -0.2) is 9.97 Å². The number of hydrogen-bond donors (Lipinski definition) is 1. The van der Waals surface area contributed by atoms with E-state index in [9.17, 15) is 0 Å². The van der Waals surface area contributed by atoms with Gasteiger partial charge in [-0.15, -0.1) is 0 Å². The molecule has 1 atom stereocenters. The molecule has 0 radical (unpaired) electrons. The maximum atomic E-state index is 9.05. The van der Waals surface area contributed by atoms with Crippen LogP contribution >= 0.6 is 0 Å². The molecule has 5 nitrogen and oxygen atoms in total. The van der Waals surface area contributed by atoms with E-state index < -0.39 is 0 Å². The van der Waals surface area contributed by atoms with Crippen molar-refractivity contribution in [1.82, 2.24) is 9.97 Å². The summed E-state index contributed by atoms with van der Waals surface area (Å²) in [7, 11) is 0. The molecule has 0 aromatic carbocycles. The van der Waals surface area contributed by atoms with Gasteiger partial charge in [-0.05, 0) is 12.0 Å². The molecule has 0 spiro atoms. The highest BCUT2D eigenvalue weighted by atomic mass is 16.5. The van der Waals surface area contributed by atoms with Gasteiger partial charge in [-0.1, -0.05) is 6.92 Å². The Morgan fingerprint density at radius 1 is 1.50 bits per heavy atom. The van der Waals surface area contributed by atoms with Gasteiger partial charge in [0.25, 0.3) is 0 Å². The van der Waals surface area contributed by atoms with E-state index in [1.54, 1.807) is 0 Å². The number of aliphatic hydroxyl groups excluding tert-OH is 1. The van der Waals surface area contributed by atoms with Crippen molar-refractivity contribution in [3.05, 3.63) is 18.0 Å². The van der Waals surface area contributed by atoms with Crippen LogP contribution in [0.1, 0.15) is 12.5 Å². The average Bonchev–Trinajstić information content (AvgIpc) is 2.39. The Hall–Kier alpha value is -1.20. The summed E-state index contributed by atoms with van der Waals surface area (Å²) in [5, 5.41) is 9.05. The van der Waals surface area contributed by atoms with Crippen molar-refractivity contribution in [1.29, 1.82) is 0 Å². The highest BCUT2D eigenvalue weighted by molar-refractivity contribution is 5.30. The first kappa shape index (κ1) is 11.3. The van der Waals surface area contributed by atoms with Crippen LogP contribution in [0, 0.1) is 0 Å². The number of aromatic nitrogens is 2. The number of anilines is 1. The number of rotatable bonds is 3. The third kappa shape index (κ3) is 2.48. The van der Waals surface area contributed by atoms with Crippen molar-refractivity contribution < 1.29 is 9.84 Å². The minimum atomic E-state index is -0.122. The van der Waals surface area contributed by atoms with Crippen LogP contribution in [0.2, 0.25) is 0 Å². The van der Waals surface area contributed by atoms with Gasteiger partial charge in [0.15, 0.2) is 0 Å². The topological polar surface area (TPSA) is 58.5 Å². The lowest BCUT2D eigenvalue weighted by Gasteiger charge is -2.31. The predicted molar refractivity (Wildman–Crippen MR) is 60.4 cm³/mol. The van der Waals surface area contributed by atoms with Crippen molar-refractivity contribution in [3.63, 3.8) is 0 Å². The second kappa shape index (κ2) is 5.23. The van der Waals surface area contributed by atoms with E-state index >= 15 is 0 Å². The van der Waals surface area contributed by atoms with Crippen LogP contribution in [0.5, 0.6) is 0 Å². The molecule has 2 heterocycles. The molecule has 5 heteroatoms. The Kier molecular flexibility index (Phi) is 3.69.